The maximum absolute atomic E-state index is 15.1. The van der Waals surface area contributed by atoms with Gasteiger partial charge in [0.15, 0.2) is 0 Å². The second kappa shape index (κ2) is 9.47. The van der Waals surface area contributed by atoms with Gasteiger partial charge in [-0.05, 0) is 30.2 Å². The maximum Gasteiger partial charge on any atom is 0.255 e. The molecule has 1 saturated heterocycles. The molecule has 2 aromatic rings. The topological polar surface area (TPSA) is 132 Å². The first kappa shape index (κ1) is 22.6. The number of rotatable bonds is 7. The summed E-state index contributed by atoms with van der Waals surface area (Å²) in [6.07, 6.45) is 0.722. The van der Waals surface area contributed by atoms with Crippen LogP contribution in [0.4, 0.5) is 4.39 Å². The molecule has 6 N–H and O–H groups in total. The SMILES string of the molecule is COc1ccccc1C(=O)NCc1ccc(C2NN(C3CCOC3)C(N)=C2C(N)=O)c(F)c1. The minimum atomic E-state index is -0.819. The Morgan fingerprint density at radius 2 is 2.09 bits per heavy atom. The third kappa shape index (κ3) is 4.48. The standard InChI is InChI=1S/C23H26FN5O4/c1-32-18-5-3-2-4-16(18)23(31)27-11-13-6-7-15(17(24)10-13)20-19(22(26)30)21(25)29(28-20)14-8-9-33-12-14/h2-7,10,14,20,28H,8-9,11-12,25H2,1H3,(H2,26,30)(H,27,31). The van der Waals surface area contributed by atoms with Crippen LogP contribution in [0.5, 0.6) is 5.75 Å². The van der Waals surface area contributed by atoms with Gasteiger partial charge in [-0.15, -0.1) is 0 Å². The van der Waals surface area contributed by atoms with Gasteiger partial charge in [0.05, 0.1) is 36.9 Å². The van der Waals surface area contributed by atoms with Crippen molar-refractivity contribution in [3.05, 3.63) is 76.4 Å². The number of hydrazine groups is 1. The number of para-hydroxylation sites is 1. The molecule has 174 valence electrons. The molecule has 0 bridgehead atoms. The monoisotopic (exact) mass is 455 g/mol. The van der Waals surface area contributed by atoms with Crippen molar-refractivity contribution in [2.45, 2.75) is 25.0 Å². The Labute approximate surface area is 190 Å². The van der Waals surface area contributed by atoms with Gasteiger partial charge in [-0.3, -0.25) is 14.6 Å². The fraction of sp³-hybridized carbons (Fsp3) is 0.304. The molecule has 0 radical (unpaired) electrons. The molecule has 1 fully saturated rings. The second-order valence-electron chi connectivity index (χ2n) is 7.85. The zero-order chi connectivity index (χ0) is 23.5. The highest BCUT2D eigenvalue weighted by Crippen LogP contribution is 2.34. The Morgan fingerprint density at radius 3 is 2.76 bits per heavy atom. The Kier molecular flexibility index (Phi) is 6.47. The molecule has 0 saturated carbocycles. The number of amides is 2. The van der Waals surface area contributed by atoms with Gasteiger partial charge < -0.3 is 26.3 Å². The number of hydrogen-bond donors (Lipinski definition) is 4. The van der Waals surface area contributed by atoms with Crippen molar-refractivity contribution in [1.29, 1.82) is 0 Å². The molecule has 0 aliphatic carbocycles. The van der Waals surface area contributed by atoms with E-state index in [1.54, 1.807) is 41.4 Å². The number of hydrogen-bond acceptors (Lipinski definition) is 7. The molecular formula is C23H26FN5O4. The molecule has 9 nitrogen and oxygen atoms in total. The summed E-state index contributed by atoms with van der Waals surface area (Å²) in [5, 5.41) is 4.40. The van der Waals surface area contributed by atoms with E-state index in [4.69, 9.17) is 20.9 Å². The van der Waals surface area contributed by atoms with Crippen LogP contribution < -0.4 is 26.9 Å². The zero-order valence-electron chi connectivity index (χ0n) is 18.1. The number of ether oxygens (including phenoxy) is 2. The Bertz CT molecular complexity index is 1100. The van der Waals surface area contributed by atoms with Crippen molar-refractivity contribution >= 4 is 11.8 Å². The number of nitrogens with one attached hydrogen (secondary N) is 2. The van der Waals surface area contributed by atoms with Crippen LogP contribution in [0.2, 0.25) is 0 Å². The second-order valence-corrected chi connectivity index (χ2v) is 7.85. The van der Waals surface area contributed by atoms with Gasteiger partial charge >= 0.3 is 0 Å². The highest BCUT2D eigenvalue weighted by Gasteiger charge is 2.39. The van der Waals surface area contributed by atoms with Gasteiger partial charge in [0.1, 0.15) is 17.4 Å². The zero-order valence-corrected chi connectivity index (χ0v) is 18.1. The third-order valence-electron chi connectivity index (χ3n) is 5.81. The van der Waals surface area contributed by atoms with Gasteiger partial charge in [0.2, 0.25) is 5.91 Å². The molecular weight excluding hydrogens is 429 g/mol. The largest absolute Gasteiger partial charge is 0.496 e. The van der Waals surface area contributed by atoms with Crippen molar-refractivity contribution in [2.24, 2.45) is 11.5 Å². The molecule has 10 heteroatoms. The number of nitrogens with two attached hydrogens (primary N) is 2. The average molecular weight is 455 g/mol. The first-order valence-electron chi connectivity index (χ1n) is 10.5. The molecule has 0 spiro atoms. The Morgan fingerprint density at radius 1 is 1.30 bits per heavy atom. The highest BCUT2D eigenvalue weighted by molar-refractivity contribution is 5.97. The van der Waals surface area contributed by atoms with Gasteiger partial charge in [-0.2, -0.15) is 0 Å². The first-order valence-corrected chi connectivity index (χ1v) is 10.5. The van der Waals surface area contributed by atoms with Crippen LogP contribution in [-0.4, -0.2) is 43.2 Å². The number of carbonyl (C=O) groups is 2. The predicted molar refractivity (Wildman–Crippen MR) is 118 cm³/mol. The fourth-order valence-electron chi connectivity index (χ4n) is 4.10. The van der Waals surface area contributed by atoms with E-state index in [-0.39, 0.29) is 35.5 Å². The summed E-state index contributed by atoms with van der Waals surface area (Å²) in [5.41, 5.74) is 16.1. The normalized spacial score (nSPS) is 20.2. The van der Waals surface area contributed by atoms with Gasteiger partial charge in [-0.1, -0.05) is 24.3 Å². The van der Waals surface area contributed by atoms with E-state index in [1.807, 2.05) is 0 Å². The lowest BCUT2D eigenvalue weighted by Crippen LogP contribution is -2.44. The number of primary amides is 1. The quantitative estimate of drug-likeness (QED) is 0.491. The number of halogens is 1. The number of carbonyl (C=O) groups excluding carboxylic acids is 2. The summed E-state index contributed by atoms with van der Waals surface area (Å²) in [4.78, 5) is 24.6. The maximum atomic E-state index is 15.1. The smallest absolute Gasteiger partial charge is 0.255 e. The summed E-state index contributed by atoms with van der Waals surface area (Å²) in [6.45, 7) is 1.13. The van der Waals surface area contributed by atoms with E-state index in [1.165, 1.54) is 13.2 Å². The third-order valence-corrected chi connectivity index (χ3v) is 5.81. The van der Waals surface area contributed by atoms with Gasteiger partial charge in [0, 0.05) is 18.7 Å². The van der Waals surface area contributed by atoms with Crippen molar-refractivity contribution in [2.75, 3.05) is 20.3 Å². The molecule has 2 aromatic carbocycles. The van der Waals surface area contributed by atoms with E-state index >= 15 is 4.39 Å². The van der Waals surface area contributed by atoms with E-state index in [0.29, 0.717) is 30.1 Å². The van der Waals surface area contributed by atoms with Crippen molar-refractivity contribution in [1.82, 2.24) is 15.8 Å². The van der Waals surface area contributed by atoms with Gasteiger partial charge in [-0.25, -0.2) is 9.82 Å². The van der Waals surface area contributed by atoms with Crippen LogP contribution in [0.25, 0.3) is 0 Å². The lowest BCUT2D eigenvalue weighted by atomic mass is 9.98. The predicted octanol–water partition coefficient (Wildman–Crippen LogP) is 1.07. The van der Waals surface area contributed by atoms with Crippen LogP contribution in [0.15, 0.2) is 53.9 Å². The van der Waals surface area contributed by atoms with Crippen molar-refractivity contribution in [3.63, 3.8) is 0 Å². The number of benzene rings is 2. The van der Waals surface area contributed by atoms with E-state index < -0.39 is 17.8 Å². The summed E-state index contributed by atoms with van der Waals surface area (Å²) in [6, 6.07) is 10.5. The van der Waals surface area contributed by atoms with Crippen LogP contribution in [0.3, 0.4) is 0 Å². The van der Waals surface area contributed by atoms with Crippen LogP contribution in [0.1, 0.15) is 33.9 Å². The highest BCUT2D eigenvalue weighted by atomic mass is 19.1. The van der Waals surface area contributed by atoms with E-state index in [9.17, 15) is 9.59 Å². The average Bonchev–Trinajstić information content (AvgIpc) is 3.45. The van der Waals surface area contributed by atoms with Gasteiger partial charge in [0.25, 0.3) is 5.91 Å². The van der Waals surface area contributed by atoms with Crippen molar-refractivity contribution in [3.8, 4) is 5.75 Å². The molecule has 0 aromatic heterocycles. The molecule has 2 aliphatic rings. The lowest BCUT2D eigenvalue weighted by molar-refractivity contribution is -0.114. The van der Waals surface area contributed by atoms with Crippen LogP contribution >= 0.6 is 0 Å². The summed E-state index contributed by atoms with van der Waals surface area (Å²) >= 11 is 0. The van der Waals surface area contributed by atoms with Crippen LogP contribution in [0, 0.1) is 5.82 Å². The van der Waals surface area contributed by atoms with E-state index in [0.717, 1.165) is 6.42 Å². The molecule has 4 rings (SSSR count). The number of nitrogens with zero attached hydrogens (tertiary/aromatic N) is 1. The summed E-state index contributed by atoms with van der Waals surface area (Å²) in [7, 11) is 1.49. The minimum Gasteiger partial charge on any atom is -0.496 e. The first-order chi connectivity index (χ1) is 15.9. The Balaban J connectivity index is 1.50. The number of methoxy groups -OCH3 is 1. The summed E-state index contributed by atoms with van der Waals surface area (Å²) in [5.74, 6) is -0.984. The van der Waals surface area contributed by atoms with E-state index in [2.05, 4.69) is 10.7 Å². The fourth-order valence-corrected chi connectivity index (χ4v) is 4.10. The molecule has 2 amide bonds. The summed E-state index contributed by atoms with van der Waals surface area (Å²) < 4.78 is 25.7. The van der Waals surface area contributed by atoms with Crippen LogP contribution in [-0.2, 0) is 16.1 Å². The molecule has 2 heterocycles. The molecule has 33 heavy (non-hydrogen) atoms. The molecule has 2 unspecified atom stereocenters. The molecule has 2 aliphatic heterocycles. The van der Waals surface area contributed by atoms with Crippen molar-refractivity contribution < 1.29 is 23.5 Å². The minimum absolute atomic E-state index is 0.0723. The Hall–Kier alpha value is -3.63. The molecule has 2 atom stereocenters. The lowest BCUT2D eigenvalue weighted by Gasteiger charge is -2.27.